The number of carbonyl (C=O) groups is 2. The second kappa shape index (κ2) is 10.4. The average molecular weight is 437 g/mol. The summed E-state index contributed by atoms with van der Waals surface area (Å²) in [4.78, 5) is 32.8. The summed E-state index contributed by atoms with van der Waals surface area (Å²) in [5, 5.41) is 2.76. The standard InChI is InChI=1S/C22H26F3N3O3/c1-5-16-7-15(11-27-21(16)31-12-22(23,24)25)10-26-20(30)17-6-14(4)28-18(8-17)9-19(29)13(2)3/h6-8,11,13H,5,9-10,12H2,1-4H3,(H,26,30). The summed E-state index contributed by atoms with van der Waals surface area (Å²) in [5.74, 6) is -0.503. The van der Waals surface area contributed by atoms with Crippen LogP contribution in [0, 0.1) is 12.8 Å². The van der Waals surface area contributed by atoms with E-state index in [4.69, 9.17) is 4.74 Å². The monoisotopic (exact) mass is 437 g/mol. The largest absolute Gasteiger partial charge is 0.468 e. The highest BCUT2D eigenvalue weighted by Crippen LogP contribution is 2.21. The fourth-order valence-electron chi connectivity index (χ4n) is 2.80. The highest BCUT2D eigenvalue weighted by Gasteiger charge is 2.29. The van der Waals surface area contributed by atoms with Crippen LogP contribution in [0.15, 0.2) is 24.4 Å². The Morgan fingerprint density at radius 1 is 1.19 bits per heavy atom. The number of hydrogen-bond donors (Lipinski definition) is 1. The number of aromatic nitrogens is 2. The second-order valence-corrected chi connectivity index (χ2v) is 7.53. The smallest absolute Gasteiger partial charge is 0.422 e. The molecule has 2 heterocycles. The lowest BCUT2D eigenvalue weighted by atomic mass is 10.0. The molecule has 2 aromatic heterocycles. The number of halogens is 3. The lowest BCUT2D eigenvalue weighted by molar-refractivity contribution is -0.154. The van der Waals surface area contributed by atoms with Crippen molar-refractivity contribution in [3.05, 3.63) is 52.5 Å². The summed E-state index contributed by atoms with van der Waals surface area (Å²) in [6.07, 6.45) is -2.49. The van der Waals surface area contributed by atoms with Gasteiger partial charge in [-0.2, -0.15) is 13.2 Å². The highest BCUT2D eigenvalue weighted by atomic mass is 19.4. The van der Waals surface area contributed by atoms with E-state index in [0.717, 1.165) is 0 Å². The first kappa shape index (κ1) is 24.3. The Morgan fingerprint density at radius 3 is 2.52 bits per heavy atom. The van der Waals surface area contributed by atoms with Gasteiger partial charge in [0.15, 0.2) is 6.61 Å². The summed E-state index contributed by atoms with van der Waals surface area (Å²) < 4.78 is 41.9. The van der Waals surface area contributed by atoms with E-state index < -0.39 is 12.8 Å². The molecule has 2 rings (SSSR count). The molecule has 0 aliphatic heterocycles. The summed E-state index contributed by atoms with van der Waals surface area (Å²) in [5.41, 5.74) is 2.69. The maximum absolute atomic E-state index is 12.6. The van der Waals surface area contributed by atoms with Crippen molar-refractivity contribution >= 4 is 11.7 Å². The molecule has 1 amide bonds. The van der Waals surface area contributed by atoms with Crippen molar-refractivity contribution in [2.75, 3.05) is 6.61 Å². The molecule has 6 nitrogen and oxygen atoms in total. The van der Waals surface area contributed by atoms with E-state index in [1.54, 1.807) is 32.0 Å². The van der Waals surface area contributed by atoms with Crippen molar-refractivity contribution in [2.45, 2.75) is 53.3 Å². The average Bonchev–Trinajstić information content (AvgIpc) is 2.69. The zero-order chi connectivity index (χ0) is 23.2. The van der Waals surface area contributed by atoms with Crippen LogP contribution in [0.3, 0.4) is 0 Å². The van der Waals surface area contributed by atoms with Gasteiger partial charge in [-0.3, -0.25) is 14.6 Å². The van der Waals surface area contributed by atoms with Crippen LogP contribution < -0.4 is 10.1 Å². The number of aryl methyl sites for hydroxylation is 2. The number of amides is 1. The van der Waals surface area contributed by atoms with Gasteiger partial charge in [-0.05, 0) is 37.1 Å². The van der Waals surface area contributed by atoms with Crippen LogP contribution in [0.1, 0.15) is 53.6 Å². The first-order chi connectivity index (χ1) is 14.5. The minimum absolute atomic E-state index is 0.0375. The minimum atomic E-state index is -4.44. The summed E-state index contributed by atoms with van der Waals surface area (Å²) in [6.45, 7) is 5.87. The highest BCUT2D eigenvalue weighted by molar-refractivity contribution is 5.94. The number of rotatable bonds is 9. The van der Waals surface area contributed by atoms with E-state index in [2.05, 4.69) is 15.3 Å². The Morgan fingerprint density at radius 2 is 1.90 bits per heavy atom. The van der Waals surface area contributed by atoms with Gasteiger partial charge in [0.25, 0.3) is 5.91 Å². The van der Waals surface area contributed by atoms with Gasteiger partial charge in [0, 0.05) is 47.6 Å². The lowest BCUT2D eigenvalue weighted by Crippen LogP contribution is -2.24. The van der Waals surface area contributed by atoms with E-state index >= 15 is 0 Å². The molecule has 0 spiro atoms. The third kappa shape index (κ3) is 7.66. The lowest BCUT2D eigenvalue weighted by Gasteiger charge is -2.13. The maximum atomic E-state index is 12.6. The van der Waals surface area contributed by atoms with Gasteiger partial charge in [-0.1, -0.05) is 20.8 Å². The second-order valence-electron chi connectivity index (χ2n) is 7.53. The molecule has 9 heteroatoms. The zero-order valence-corrected chi connectivity index (χ0v) is 18.0. The molecule has 168 valence electrons. The fraction of sp³-hybridized carbons (Fsp3) is 0.455. The molecule has 2 aromatic rings. The summed E-state index contributed by atoms with van der Waals surface area (Å²) >= 11 is 0. The van der Waals surface area contributed by atoms with E-state index in [-0.39, 0.29) is 36.5 Å². The molecule has 0 aliphatic carbocycles. The van der Waals surface area contributed by atoms with Crippen LogP contribution >= 0.6 is 0 Å². The Bertz CT molecular complexity index is 943. The SMILES string of the molecule is CCc1cc(CNC(=O)c2cc(C)nc(CC(=O)C(C)C)c2)cnc1OCC(F)(F)F. The van der Waals surface area contributed by atoms with E-state index in [0.29, 0.717) is 34.5 Å². The van der Waals surface area contributed by atoms with Crippen LogP contribution in [0.2, 0.25) is 0 Å². The number of nitrogens with one attached hydrogen (secondary N) is 1. The van der Waals surface area contributed by atoms with Gasteiger partial charge < -0.3 is 10.1 Å². The number of ether oxygens (including phenoxy) is 1. The normalized spacial score (nSPS) is 11.5. The summed E-state index contributed by atoms with van der Waals surface area (Å²) in [6, 6.07) is 4.87. The van der Waals surface area contributed by atoms with Crippen molar-refractivity contribution in [1.29, 1.82) is 0 Å². The van der Waals surface area contributed by atoms with Crippen molar-refractivity contribution in [3.63, 3.8) is 0 Å². The molecular formula is C22H26F3N3O3. The molecule has 0 unspecified atom stereocenters. The van der Waals surface area contributed by atoms with Crippen molar-refractivity contribution in [2.24, 2.45) is 5.92 Å². The number of nitrogens with zero attached hydrogens (tertiary/aromatic N) is 2. The number of ketones is 1. The topological polar surface area (TPSA) is 81.2 Å². The number of Topliss-reactive ketones (excluding diaryl/α,β-unsaturated/α-hetero) is 1. The van der Waals surface area contributed by atoms with E-state index in [9.17, 15) is 22.8 Å². The molecular weight excluding hydrogens is 411 g/mol. The Labute approximate surface area is 179 Å². The van der Waals surface area contributed by atoms with Crippen molar-refractivity contribution < 1.29 is 27.5 Å². The van der Waals surface area contributed by atoms with Gasteiger partial charge in [0.05, 0.1) is 0 Å². The van der Waals surface area contributed by atoms with Gasteiger partial charge in [-0.15, -0.1) is 0 Å². The Hall–Kier alpha value is -2.97. The summed E-state index contributed by atoms with van der Waals surface area (Å²) in [7, 11) is 0. The minimum Gasteiger partial charge on any atom is -0.468 e. The molecule has 0 saturated heterocycles. The van der Waals surface area contributed by atoms with Crippen LogP contribution in [-0.2, 0) is 24.2 Å². The van der Waals surface area contributed by atoms with E-state index in [1.165, 1.54) is 6.20 Å². The molecule has 0 aliphatic rings. The molecule has 0 radical (unpaired) electrons. The Balaban J connectivity index is 2.06. The molecule has 0 saturated carbocycles. The van der Waals surface area contributed by atoms with Crippen LogP contribution in [0.4, 0.5) is 13.2 Å². The molecule has 0 fully saturated rings. The zero-order valence-electron chi connectivity index (χ0n) is 18.0. The van der Waals surface area contributed by atoms with Gasteiger partial charge in [0.1, 0.15) is 5.78 Å². The van der Waals surface area contributed by atoms with Gasteiger partial charge in [-0.25, -0.2) is 4.98 Å². The third-order valence-electron chi connectivity index (χ3n) is 4.46. The predicted molar refractivity (Wildman–Crippen MR) is 109 cm³/mol. The first-order valence-electron chi connectivity index (χ1n) is 9.94. The van der Waals surface area contributed by atoms with Gasteiger partial charge in [0.2, 0.25) is 5.88 Å². The van der Waals surface area contributed by atoms with Crippen LogP contribution in [0.25, 0.3) is 0 Å². The number of hydrogen-bond acceptors (Lipinski definition) is 5. The van der Waals surface area contributed by atoms with Crippen molar-refractivity contribution in [1.82, 2.24) is 15.3 Å². The molecule has 0 aromatic carbocycles. The van der Waals surface area contributed by atoms with Gasteiger partial charge >= 0.3 is 6.18 Å². The first-order valence-corrected chi connectivity index (χ1v) is 9.94. The third-order valence-corrected chi connectivity index (χ3v) is 4.46. The number of carbonyl (C=O) groups excluding carboxylic acids is 2. The van der Waals surface area contributed by atoms with Crippen LogP contribution in [-0.4, -0.2) is 34.4 Å². The molecule has 0 atom stereocenters. The predicted octanol–water partition coefficient (Wildman–Crippen LogP) is 3.99. The maximum Gasteiger partial charge on any atom is 0.422 e. The fourth-order valence-corrected chi connectivity index (χ4v) is 2.80. The quantitative estimate of drug-likeness (QED) is 0.642. The Kier molecular flexibility index (Phi) is 8.13. The molecule has 0 bridgehead atoms. The number of alkyl halides is 3. The number of pyridine rings is 2. The molecule has 31 heavy (non-hydrogen) atoms. The molecule has 1 N–H and O–H groups in total. The van der Waals surface area contributed by atoms with Crippen molar-refractivity contribution in [3.8, 4) is 5.88 Å². The van der Waals surface area contributed by atoms with E-state index in [1.807, 2.05) is 13.8 Å². The van der Waals surface area contributed by atoms with Crippen LogP contribution in [0.5, 0.6) is 5.88 Å².